The van der Waals surface area contributed by atoms with Gasteiger partial charge in [-0.15, -0.1) is 0 Å². The second kappa shape index (κ2) is 8.72. The van der Waals surface area contributed by atoms with Crippen LogP contribution >= 0.6 is 23.4 Å². The van der Waals surface area contributed by atoms with Gasteiger partial charge in [0.05, 0.1) is 4.36 Å². The van der Waals surface area contributed by atoms with Gasteiger partial charge >= 0.3 is 0 Å². The normalized spacial score (nSPS) is 11.8. The average molecular weight is 255 g/mol. The van der Waals surface area contributed by atoms with Crippen LogP contribution in [0.15, 0.2) is 45.7 Å². The van der Waals surface area contributed by atoms with Crippen molar-refractivity contribution in [2.45, 2.75) is 43.9 Å². The van der Waals surface area contributed by atoms with Crippen LogP contribution in [0.5, 0.6) is 0 Å². The Morgan fingerprint density at radius 2 is 1.94 bits per heavy atom. The van der Waals surface area contributed by atoms with Crippen LogP contribution in [0.4, 0.5) is 0 Å². The van der Waals surface area contributed by atoms with E-state index in [9.17, 15) is 0 Å². The fourth-order valence-electron chi connectivity index (χ4n) is 1.43. The van der Waals surface area contributed by atoms with Crippen LogP contribution in [-0.4, -0.2) is 0 Å². The van der Waals surface area contributed by atoms with E-state index in [0.29, 0.717) is 0 Å². The highest BCUT2D eigenvalue weighted by Crippen LogP contribution is 2.29. The molecule has 0 amide bonds. The van der Waals surface area contributed by atoms with Gasteiger partial charge in [0.25, 0.3) is 0 Å². The van der Waals surface area contributed by atoms with Crippen molar-refractivity contribution in [1.82, 2.24) is 0 Å². The molecule has 0 heterocycles. The van der Waals surface area contributed by atoms with Crippen molar-refractivity contribution in [3.63, 3.8) is 0 Å². The van der Waals surface area contributed by atoms with Gasteiger partial charge in [-0.2, -0.15) is 0 Å². The van der Waals surface area contributed by atoms with Crippen LogP contribution < -0.4 is 0 Å². The summed E-state index contributed by atoms with van der Waals surface area (Å²) in [6.45, 7) is 2.23. The minimum atomic E-state index is 0.891. The molecule has 0 saturated carbocycles. The first-order chi connectivity index (χ1) is 7.83. The first-order valence-corrected chi connectivity index (χ1v) is 7.11. The van der Waals surface area contributed by atoms with Crippen molar-refractivity contribution < 1.29 is 0 Å². The summed E-state index contributed by atoms with van der Waals surface area (Å²) < 4.78 is 0.891. The minimum absolute atomic E-state index is 0.891. The van der Waals surface area contributed by atoms with Crippen LogP contribution in [0.25, 0.3) is 0 Å². The molecule has 0 fully saturated rings. The highest BCUT2D eigenvalue weighted by molar-refractivity contribution is 8.04. The smallest absolute Gasteiger partial charge is 0.0742 e. The second-order valence-corrected chi connectivity index (χ2v) is 5.52. The average Bonchev–Trinajstić information content (AvgIpc) is 2.30. The highest BCUT2D eigenvalue weighted by atomic mass is 35.5. The summed E-state index contributed by atoms with van der Waals surface area (Å²) in [5, 5.41) is 0. The van der Waals surface area contributed by atoms with Crippen molar-refractivity contribution in [2.24, 2.45) is 0 Å². The molecule has 0 aliphatic heterocycles. The summed E-state index contributed by atoms with van der Waals surface area (Å²) in [6, 6.07) is 10.3. The van der Waals surface area contributed by atoms with Crippen LogP contribution in [-0.2, 0) is 0 Å². The van der Waals surface area contributed by atoms with Crippen molar-refractivity contribution >= 4 is 23.4 Å². The molecule has 0 N–H and O–H groups in total. The lowest BCUT2D eigenvalue weighted by Gasteiger charge is -1.99. The van der Waals surface area contributed by atoms with Crippen LogP contribution in [0.3, 0.4) is 0 Å². The molecule has 88 valence electrons. The molecule has 0 spiro atoms. The minimum Gasteiger partial charge on any atom is -0.0780 e. The molecule has 16 heavy (non-hydrogen) atoms. The van der Waals surface area contributed by atoms with E-state index in [4.69, 9.17) is 11.6 Å². The fraction of sp³-hybridized carbons (Fsp3) is 0.429. The van der Waals surface area contributed by atoms with Crippen molar-refractivity contribution in [3.05, 3.63) is 40.8 Å². The molecule has 0 aliphatic carbocycles. The first-order valence-electron chi connectivity index (χ1n) is 5.91. The molecule has 0 unspecified atom stereocenters. The highest BCUT2D eigenvalue weighted by Gasteiger charge is 1.96. The number of hydrogen-bond acceptors (Lipinski definition) is 1. The third kappa shape index (κ3) is 6.24. The van der Waals surface area contributed by atoms with Gasteiger partial charge < -0.3 is 0 Å². The van der Waals surface area contributed by atoms with Gasteiger partial charge in [-0.25, -0.2) is 0 Å². The van der Waals surface area contributed by atoms with E-state index < -0.39 is 0 Å². The van der Waals surface area contributed by atoms with Crippen LogP contribution in [0.2, 0.25) is 0 Å². The van der Waals surface area contributed by atoms with Gasteiger partial charge in [-0.1, -0.05) is 73.8 Å². The zero-order valence-electron chi connectivity index (χ0n) is 9.79. The van der Waals surface area contributed by atoms with E-state index in [1.54, 1.807) is 11.8 Å². The van der Waals surface area contributed by atoms with Gasteiger partial charge in [0.2, 0.25) is 0 Å². The first kappa shape index (κ1) is 13.7. The second-order valence-electron chi connectivity index (χ2n) is 3.77. The number of hydrogen-bond donors (Lipinski definition) is 0. The van der Waals surface area contributed by atoms with E-state index >= 15 is 0 Å². The lowest BCUT2D eigenvalue weighted by Crippen LogP contribution is -1.75. The topological polar surface area (TPSA) is 0 Å². The molecule has 2 heteroatoms. The Balaban J connectivity index is 2.24. The molecule has 0 nitrogen and oxygen atoms in total. The summed E-state index contributed by atoms with van der Waals surface area (Å²) in [5.41, 5.74) is 0. The third-order valence-corrected chi connectivity index (χ3v) is 3.58. The Hall–Kier alpha value is -0.400. The maximum atomic E-state index is 6.15. The van der Waals surface area contributed by atoms with Gasteiger partial charge in [-0.3, -0.25) is 0 Å². The maximum absolute atomic E-state index is 6.15. The molecule has 1 rings (SSSR count). The number of benzene rings is 1. The zero-order valence-corrected chi connectivity index (χ0v) is 11.4. The van der Waals surface area contributed by atoms with Gasteiger partial charge in [-0.05, 0) is 25.0 Å². The molecule has 0 saturated heterocycles. The summed E-state index contributed by atoms with van der Waals surface area (Å²) in [6.07, 6.45) is 8.41. The Morgan fingerprint density at radius 1 is 1.19 bits per heavy atom. The monoisotopic (exact) mass is 254 g/mol. The van der Waals surface area contributed by atoms with Crippen molar-refractivity contribution in [1.29, 1.82) is 0 Å². The molecule has 0 aliphatic rings. The quantitative estimate of drug-likeness (QED) is 0.436. The summed E-state index contributed by atoms with van der Waals surface area (Å²) >= 11 is 7.79. The number of halogens is 1. The van der Waals surface area contributed by atoms with E-state index in [1.165, 1.54) is 30.6 Å². The molecule has 1 aromatic carbocycles. The predicted molar refractivity (Wildman–Crippen MR) is 75.0 cm³/mol. The summed E-state index contributed by atoms with van der Waals surface area (Å²) in [4.78, 5) is 1.21. The number of thioether (sulfide) groups is 1. The van der Waals surface area contributed by atoms with E-state index in [2.05, 4.69) is 25.1 Å². The molecular weight excluding hydrogens is 236 g/mol. The van der Waals surface area contributed by atoms with Gasteiger partial charge in [0.15, 0.2) is 0 Å². The van der Waals surface area contributed by atoms with Crippen LogP contribution in [0.1, 0.15) is 39.0 Å². The van der Waals surface area contributed by atoms with E-state index in [0.717, 1.165) is 10.8 Å². The Kier molecular flexibility index (Phi) is 7.45. The van der Waals surface area contributed by atoms with Crippen LogP contribution in [0, 0.1) is 0 Å². The number of rotatable bonds is 7. The Bertz CT molecular complexity index is 306. The summed E-state index contributed by atoms with van der Waals surface area (Å²) in [5.74, 6) is 0. The molecule has 0 bridgehead atoms. The molecule has 1 aromatic rings. The lowest BCUT2D eigenvalue weighted by molar-refractivity contribution is 0.674. The van der Waals surface area contributed by atoms with Crippen molar-refractivity contribution in [2.75, 3.05) is 0 Å². The molecular formula is C14H19ClS. The van der Waals surface area contributed by atoms with E-state index in [1.807, 2.05) is 18.2 Å². The Labute approximate surface area is 108 Å². The predicted octanol–water partition coefficient (Wildman–Crippen LogP) is 5.83. The fourth-order valence-corrected chi connectivity index (χ4v) is 2.53. The van der Waals surface area contributed by atoms with Crippen molar-refractivity contribution in [3.8, 4) is 0 Å². The van der Waals surface area contributed by atoms with Gasteiger partial charge in [0, 0.05) is 4.90 Å². The third-order valence-electron chi connectivity index (χ3n) is 2.32. The molecule has 0 radical (unpaired) electrons. The Morgan fingerprint density at radius 3 is 2.62 bits per heavy atom. The number of allylic oxidation sites excluding steroid dienone is 1. The van der Waals surface area contributed by atoms with E-state index in [-0.39, 0.29) is 0 Å². The zero-order chi connectivity index (χ0) is 11.6. The SMILES string of the molecule is CCCCCCC=C(Cl)Sc1ccccc1. The lowest BCUT2D eigenvalue weighted by atomic mass is 10.2. The molecule has 0 atom stereocenters. The number of unbranched alkanes of at least 4 members (excludes halogenated alkanes) is 4. The standard InChI is InChI=1S/C14H19ClS/c1-2-3-4-5-9-12-14(15)16-13-10-7-6-8-11-13/h6-8,10-12H,2-5,9H2,1H3. The largest absolute Gasteiger partial charge is 0.0780 e. The molecule has 0 aromatic heterocycles. The summed E-state index contributed by atoms with van der Waals surface area (Å²) in [7, 11) is 0. The maximum Gasteiger partial charge on any atom is 0.0742 e. The van der Waals surface area contributed by atoms with Gasteiger partial charge in [0.1, 0.15) is 0 Å².